The molecule has 0 saturated heterocycles. The second-order valence-corrected chi connectivity index (χ2v) is 2.26. The largest absolute Gasteiger partial charge is 1.00 e. The van der Waals surface area contributed by atoms with E-state index >= 15 is 0 Å². The van der Waals surface area contributed by atoms with Crippen LogP contribution in [0.1, 0.15) is 8.35 Å². The molecule has 0 bridgehead atoms. The minimum atomic E-state index is -0.832. The van der Waals surface area contributed by atoms with Gasteiger partial charge in [-0.3, -0.25) is 4.79 Å². The van der Waals surface area contributed by atoms with E-state index in [4.69, 9.17) is 0 Å². The van der Waals surface area contributed by atoms with E-state index in [1.807, 2.05) is 0 Å². The van der Waals surface area contributed by atoms with Crippen molar-refractivity contribution in [1.82, 2.24) is 0 Å². The first kappa shape index (κ1) is 13.0. The summed E-state index contributed by atoms with van der Waals surface area (Å²) in [5.74, 6) is -1.04. The maximum absolute atomic E-state index is 10.7. The molecule has 0 atom stereocenters. The van der Waals surface area contributed by atoms with Gasteiger partial charge in [0.25, 0.3) is 0 Å². The third kappa shape index (κ3) is 4.68. The molecule has 0 N–H and O–H groups in total. The number of hydrogen-bond donors (Lipinski definition) is 0. The van der Waals surface area contributed by atoms with E-state index < -0.39 is 11.8 Å². The van der Waals surface area contributed by atoms with Crippen LogP contribution in [0.5, 0.6) is 5.75 Å². The van der Waals surface area contributed by atoms with Gasteiger partial charge in [0.15, 0.2) is 0 Å². The molecule has 0 heterocycles. The van der Waals surface area contributed by atoms with Crippen LogP contribution in [0.4, 0.5) is 0 Å². The summed E-state index contributed by atoms with van der Waals surface area (Å²) in [5, 5.41) is 0. The number of para-hydroxylation sites is 1. The minimum absolute atomic E-state index is 0. The summed E-state index contributed by atoms with van der Waals surface area (Å²) in [5.41, 5.74) is 0. The molecule has 1 aromatic rings. The molecular weight excluding hydrogens is 195 g/mol. The first-order valence-electron chi connectivity index (χ1n) is 3.48. The van der Waals surface area contributed by atoms with Crippen LogP contribution in [-0.2, 0) is 9.59 Å². The van der Waals surface area contributed by atoms with Crippen LogP contribution in [0, 0.1) is 0 Å². The molecular formula is C9H9KO3. The van der Waals surface area contributed by atoms with E-state index in [-0.39, 0.29) is 52.8 Å². The second-order valence-electron chi connectivity index (χ2n) is 2.26. The fourth-order valence-corrected chi connectivity index (χ4v) is 0.667. The normalized spacial score (nSPS) is 8.38. The molecule has 0 aliphatic carbocycles. The Labute approximate surface area is 120 Å². The quantitative estimate of drug-likeness (QED) is 0.249. The number of carbonyl (C=O) groups excluding carboxylic acids is 2. The topological polar surface area (TPSA) is 43.4 Å². The molecule has 0 fully saturated rings. The van der Waals surface area contributed by atoms with Gasteiger partial charge in [-0.25, -0.2) is 4.79 Å². The van der Waals surface area contributed by atoms with E-state index in [2.05, 4.69) is 4.74 Å². The van der Waals surface area contributed by atoms with Gasteiger partial charge in [-0.1, -0.05) is 18.2 Å². The van der Waals surface area contributed by atoms with Crippen molar-refractivity contribution >= 4 is 11.8 Å². The average molecular weight is 204 g/mol. The van der Waals surface area contributed by atoms with Crippen LogP contribution < -0.4 is 56.1 Å². The third-order valence-corrected chi connectivity index (χ3v) is 1.24. The van der Waals surface area contributed by atoms with Crippen molar-refractivity contribution in [3.8, 4) is 5.75 Å². The van der Waals surface area contributed by atoms with Crippen LogP contribution >= 0.6 is 0 Å². The van der Waals surface area contributed by atoms with E-state index in [0.29, 0.717) is 5.75 Å². The number of Topliss-reactive ketones (excluding diaryl/α,β-unsaturated/α-hetero) is 1. The molecule has 0 aliphatic heterocycles. The maximum atomic E-state index is 10.7. The van der Waals surface area contributed by atoms with Gasteiger partial charge in [-0.05, 0) is 12.1 Å². The Morgan fingerprint density at radius 2 is 1.77 bits per heavy atom. The Morgan fingerprint density at radius 1 is 1.23 bits per heavy atom. The third-order valence-electron chi connectivity index (χ3n) is 1.24. The number of esters is 1. The average Bonchev–Trinajstić information content (AvgIpc) is 2.06. The van der Waals surface area contributed by atoms with Crippen LogP contribution in [0.3, 0.4) is 0 Å². The summed E-state index contributed by atoms with van der Waals surface area (Å²) in [6.07, 6.45) is 0. The summed E-state index contributed by atoms with van der Waals surface area (Å²) >= 11 is 0. The number of hydrogen-bond acceptors (Lipinski definition) is 3. The predicted molar refractivity (Wildman–Crippen MR) is 43.9 cm³/mol. The first-order valence-corrected chi connectivity index (χ1v) is 3.48. The number of benzene rings is 1. The van der Waals surface area contributed by atoms with E-state index in [1.54, 1.807) is 30.3 Å². The van der Waals surface area contributed by atoms with E-state index in [9.17, 15) is 9.59 Å². The fraction of sp³-hybridized carbons (Fsp3) is 0.111. The Hall–Kier alpha value is -0.00364. The molecule has 3 nitrogen and oxygen atoms in total. The Morgan fingerprint density at radius 3 is 2.23 bits per heavy atom. The number of ether oxygens (including phenoxy) is 1. The van der Waals surface area contributed by atoms with Crippen LogP contribution in [0.25, 0.3) is 0 Å². The van der Waals surface area contributed by atoms with Gasteiger partial charge >= 0.3 is 57.4 Å². The minimum Gasteiger partial charge on any atom is -1.00 e. The van der Waals surface area contributed by atoms with Gasteiger partial charge in [-0.2, -0.15) is 0 Å². The van der Waals surface area contributed by atoms with Crippen LogP contribution in [0.15, 0.2) is 30.3 Å². The summed E-state index contributed by atoms with van der Waals surface area (Å²) in [7, 11) is 0. The van der Waals surface area contributed by atoms with Gasteiger partial charge in [-0.15, -0.1) is 0 Å². The molecule has 4 heteroatoms. The van der Waals surface area contributed by atoms with Crippen molar-refractivity contribution in [2.45, 2.75) is 6.92 Å². The number of ketones is 1. The van der Waals surface area contributed by atoms with Crippen molar-refractivity contribution in [3.63, 3.8) is 0 Å². The van der Waals surface area contributed by atoms with Gasteiger partial charge in [0, 0.05) is 6.92 Å². The van der Waals surface area contributed by atoms with E-state index in [1.165, 1.54) is 6.92 Å². The van der Waals surface area contributed by atoms with Gasteiger partial charge < -0.3 is 6.16 Å². The van der Waals surface area contributed by atoms with Gasteiger partial charge in [0.05, 0.1) is 0 Å². The van der Waals surface area contributed by atoms with Crippen molar-refractivity contribution < 1.29 is 67.1 Å². The molecule has 0 saturated carbocycles. The Kier molecular flexibility index (Phi) is 6.45. The zero-order valence-electron chi connectivity index (χ0n) is 8.61. The monoisotopic (exact) mass is 204 g/mol. The maximum Gasteiger partial charge on any atom is 1.00 e. The standard InChI is InChI=1S/C9H8O3.K.H/c1-7(10)9(11)12-8-5-3-2-4-6-8;;/h2-6H,1H3;;/q;+1;-1. The Bertz CT molecular complexity index is 300. The number of rotatable bonds is 2. The summed E-state index contributed by atoms with van der Waals surface area (Å²) < 4.78 is 4.69. The van der Waals surface area contributed by atoms with Crippen molar-refractivity contribution in [2.24, 2.45) is 0 Å². The molecule has 0 amide bonds. The van der Waals surface area contributed by atoms with Crippen LogP contribution in [-0.4, -0.2) is 11.8 Å². The van der Waals surface area contributed by atoms with Gasteiger partial charge in [0.2, 0.25) is 5.78 Å². The van der Waals surface area contributed by atoms with Gasteiger partial charge in [0.1, 0.15) is 5.75 Å². The predicted octanol–water partition coefficient (Wildman–Crippen LogP) is -1.70. The molecule has 1 rings (SSSR count). The van der Waals surface area contributed by atoms with Crippen molar-refractivity contribution in [1.29, 1.82) is 0 Å². The zero-order valence-corrected chi connectivity index (χ0v) is 10.7. The second kappa shape index (κ2) is 6.45. The number of carbonyl (C=O) groups is 2. The van der Waals surface area contributed by atoms with Crippen molar-refractivity contribution in [2.75, 3.05) is 0 Å². The molecule has 0 aromatic heterocycles. The summed E-state index contributed by atoms with van der Waals surface area (Å²) in [4.78, 5) is 21.2. The summed E-state index contributed by atoms with van der Waals surface area (Å²) in [6.45, 7) is 1.17. The van der Waals surface area contributed by atoms with Crippen molar-refractivity contribution in [3.05, 3.63) is 30.3 Å². The molecule has 1 aromatic carbocycles. The molecule has 0 radical (unpaired) electrons. The first-order chi connectivity index (χ1) is 5.70. The van der Waals surface area contributed by atoms with Crippen LogP contribution in [0.2, 0.25) is 0 Å². The zero-order chi connectivity index (χ0) is 8.97. The smallest absolute Gasteiger partial charge is 1.00 e. The fourth-order valence-electron chi connectivity index (χ4n) is 0.667. The molecule has 13 heavy (non-hydrogen) atoms. The van der Waals surface area contributed by atoms with E-state index in [0.717, 1.165) is 0 Å². The Balaban J connectivity index is 0. The molecule has 0 aliphatic rings. The molecule has 64 valence electrons. The summed E-state index contributed by atoms with van der Waals surface area (Å²) in [6, 6.07) is 8.47. The SMILES string of the molecule is CC(=O)C(=O)Oc1ccccc1.[H-].[K+]. The molecule has 0 unspecified atom stereocenters. The molecule has 0 spiro atoms.